The van der Waals surface area contributed by atoms with Gasteiger partial charge in [0.25, 0.3) is 0 Å². The molecule has 1 aliphatic rings. The van der Waals surface area contributed by atoms with Crippen LogP contribution in [0, 0.1) is 0 Å². The molecule has 14 heavy (non-hydrogen) atoms. The quantitative estimate of drug-likeness (QED) is 0.896. The van der Waals surface area contributed by atoms with Crippen LogP contribution in [0.15, 0.2) is 22.7 Å². The van der Waals surface area contributed by atoms with E-state index in [-0.39, 0.29) is 0 Å². The molecule has 0 amide bonds. The molecule has 1 saturated heterocycles. The molecule has 1 heterocycles. The lowest BCUT2D eigenvalue weighted by molar-refractivity contribution is 0.172. The van der Waals surface area contributed by atoms with Crippen molar-refractivity contribution in [2.75, 3.05) is 13.1 Å². The number of benzene rings is 1. The largest absolute Gasteiger partial charge is 0.326 e. The number of halogens is 1. The van der Waals surface area contributed by atoms with E-state index in [9.17, 15) is 0 Å². The Bertz CT molecular complexity index is 321. The van der Waals surface area contributed by atoms with Crippen LogP contribution < -0.4 is 5.73 Å². The van der Waals surface area contributed by atoms with Crippen molar-refractivity contribution in [3.8, 4) is 0 Å². The van der Waals surface area contributed by atoms with Gasteiger partial charge < -0.3 is 5.73 Å². The number of hydrogen-bond acceptors (Lipinski definition) is 2. The predicted octanol–water partition coefficient (Wildman–Crippen LogP) is 2.11. The summed E-state index contributed by atoms with van der Waals surface area (Å²) >= 11 is 3.47. The van der Waals surface area contributed by atoms with Gasteiger partial charge in [0.15, 0.2) is 0 Å². The van der Waals surface area contributed by atoms with Crippen LogP contribution in [-0.4, -0.2) is 18.0 Å². The minimum atomic E-state index is 0.628. The van der Waals surface area contributed by atoms with E-state index in [1.54, 1.807) is 0 Å². The minimum Gasteiger partial charge on any atom is -0.326 e. The first-order chi connectivity index (χ1) is 6.79. The molecule has 1 aromatic carbocycles. The Morgan fingerprint density at radius 1 is 1.29 bits per heavy atom. The third kappa shape index (κ3) is 2.16. The van der Waals surface area contributed by atoms with E-state index in [2.05, 4.69) is 39.0 Å². The molecule has 0 atom stereocenters. The average Bonchev–Trinajstić information content (AvgIpc) is 2.13. The van der Waals surface area contributed by atoms with Crippen LogP contribution in [-0.2, 0) is 13.1 Å². The van der Waals surface area contributed by atoms with Crippen LogP contribution in [0.2, 0.25) is 0 Å². The third-order valence-electron chi connectivity index (χ3n) is 2.73. The molecule has 0 bridgehead atoms. The normalized spacial score (nSPS) is 16.7. The first-order valence-electron chi connectivity index (χ1n) is 4.99. The van der Waals surface area contributed by atoms with E-state index in [0.29, 0.717) is 6.54 Å². The molecule has 1 fully saturated rings. The van der Waals surface area contributed by atoms with Gasteiger partial charge in [0.1, 0.15) is 0 Å². The Balaban J connectivity index is 2.14. The molecule has 0 unspecified atom stereocenters. The van der Waals surface area contributed by atoms with E-state index >= 15 is 0 Å². The summed E-state index contributed by atoms with van der Waals surface area (Å²) in [4.78, 5) is 2.45. The smallest absolute Gasteiger partial charge is 0.0236 e. The van der Waals surface area contributed by atoms with E-state index in [4.69, 9.17) is 5.73 Å². The van der Waals surface area contributed by atoms with Crippen LogP contribution >= 0.6 is 15.9 Å². The van der Waals surface area contributed by atoms with Gasteiger partial charge in [0.05, 0.1) is 0 Å². The number of rotatable bonds is 3. The van der Waals surface area contributed by atoms with Gasteiger partial charge >= 0.3 is 0 Å². The standard InChI is InChI=1S/C11H15BrN2/c12-11-3-2-9(10(6-11)7-13)8-14-4-1-5-14/h2-3,6H,1,4-5,7-8,13H2. The van der Waals surface area contributed by atoms with Crippen molar-refractivity contribution >= 4 is 15.9 Å². The van der Waals surface area contributed by atoms with Gasteiger partial charge in [-0.25, -0.2) is 0 Å². The lowest BCUT2D eigenvalue weighted by Gasteiger charge is -2.31. The van der Waals surface area contributed by atoms with E-state index in [0.717, 1.165) is 11.0 Å². The SMILES string of the molecule is NCc1cc(Br)ccc1CN1CCC1. The lowest BCUT2D eigenvalue weighted by Crippen LogP contribution is -2.36. The molecule has 1 aromatic rings. The van der Waals surface area contributed by atoms with Crippen LogP contribution in [0.25, 0.3) is 0 Å². The van der Waals surface area contributed by atoms with Crippen molar-refractivity contribution in [3.63, 3.8) is 0 Å². The second-order valence-corrected chi connectivity index (χ2v) is 4.66. The van der Waals surface area contributed by atoms with Gasteiger partial charge in [0.2, 0.25) is 0 Å². The molecular formula is C11H15BrN2. The monoisotopic (exact) mass is 254 g/mol. The summed E-state index contributed by atoms with van der Waals surface area (Å²) in [6.07, 6.45) is 1.34. The Morgan fingerprint density at radius 3 is 2.64 bits per heavy atom. The molecule has 2 N–H and O–H groups in total. The summed E-state index contributed by atoms with van der Waals surface area (Å²) in [5, 5.41) is 0. The lowest BCUT2D eigenvalue weighted by atomic mass is 10.1. The van der Waals surface area contributed by atoms with Crippen LogP contribution in [0.3, 0.4) is 0 Å². The highest BCUT2D eigenvalue weighted by Gasteiger charge is 2.15. The summed E-state index contributed by atoms with van der Waals surface area (Å²) in [5.74, 6) is 0. The van der Waals surface area contributed by atoms with Crippen molar-refractivity contribution in [1.82, 2.24) is 4.90 Å². The summed E-state index contributed by atoms with van der Waals surface area (Å²) < 4.78 is 1.12. The van der Waals surface area contributed by atoms with Crippen molar-refractivity contribution in [2.45, 2.75) is 19.5 Å². The predicted molar refractivity (Wildman–Crippen MR) is 61.9 cm³/mol. The van der Waals surface area contributed by atoms with Crippen molar-refractivity contribution in [2.24, 2.45) is 5.73 Å². The number of nitrogens with zero attached hydrogens (tertiary/aromatic N) is 1. The topological polar surface area (TPSA) is 29.3 Å². The highest BCUT2D eigenvalue weighted by molar-refractivity contribution is 9.10. The molecule has 76 valence electrons. The molecule has 0 spiro atoms. The number of nitrogens with two attached hydrogens (primary N) is 1. The molecule has 0 aliphatic carbocycles. The fraction of sp³-hybridized carbons (Fsp3) is 0.455. The second-order valence-electron chi connectivity index (χ2n) is 3.75. The molecule has 1 aliphatic heterocycles. The van der Waals surface area contributed by atoms with Gasteiger partial charge in [-0.1, -0.05) is 22.0 Å². The van der Waals surface area contributed by atoms with Gasteiger partial charge in [-0.15, -0.1) is 0 Å². The van der Waals surface area contributed by atoms with Crippen LogP contribution in [0.4, 0.5) is 0 Å². The van der Waals surface area contributed by atoms with E-state index < -0.39 is 0 Å². The molecule has 0 aromatic heterocycles. The zero-order valence-corrected chi connectivity index (χ0v) is 9.76. The Kier molecular flexibility index (Phi) is 3.21. The highest BCUT2D eigenvalue weighted by atomic mass is 79.9. The molecule has 0 radical (unpaired) electrons. The van der Waals surface area contributed by atoms with Gasteiger partial charge in [-0.05, 0) is 42.8 Å². The third-order valence-corrected chi connectivity index (χ3v) is 3.22. The Morgan fingerprint density at radius 2 is 2.07 bits per heavy atom. The maximum absolute atomic E-state index is 5.72. The van der Waals surface area contributed by atoms with Crippen molar-refractivity contribution < 1.29 is 0 Å². The van der Waals surface area contributed by atoms with Crippen molar-refractivity contribution in [1.29, 1.82) is 0 Å². The fourth-order valence-corrected chi connectivity index (χ4v) is 2.13. The van der Waals surface area contributed by atoms with Gasteiger partial charge in [0, 0.05) is 17.6 Å². The summed E-state index contributed by atoms with van der Waals surface area (Å²) in [7, 11) is 0. The van der Waals surface area contributed by atoms with Crippen molar-refractivity contribution in [3.05, 3.63) is 33.8 Å². The van der Waals surface area contributed by atoms with Gasteiger partial charge in [-0.2, -0.15) is 0 Å². The first-order valence-corrected chi connectivity index (χ1v) is 5.78. The zero-order chi connectivity index (χ0) is 9.97. The van der Waals surface area contributed by atoms with Crippen LogP contribution in [0.1, 0.15) is 17.5 Å². The molecule has 2 nitrogen and oxygen atoms in total. The zero-order valence-electron chi connectivity index (χ0n) is 8.17. The number of likely N-dealkylation sites (tertiary alicyclic amines) is 1. The van der Waals surface area contributed by atoms with E-state index in [1.165, 1.54) is 30.6 Å². The molecule has 2 rings (SSSR count). The Labute approximate surface area is 93.2 Å². The second kappa shape index (κ2) is 4.43. The maximum atomic E-state index is 5.72. The Hall–Kier alpha value is -0.380. The summed E-state index contributed by atoms with van der Waals surface area (Å²) in [6, 6.07) is 6.38. The van der Waals surface area contributed by atoms with Gasteiger partial charge in [-0.3, -0.25) is 4.90 Å². The minimum absolute atomic E-state index is 0.628. The molecular weight excluding hydrogens is 240 g/mol. The maximum Gasteiger partial charge on any atom is 0.0236 e. The summed E-state index contributed by atoms with van der Waals surface area (Å²) in [6.45, 7) is 4.16. The molecule has 0 saturated carbocycles. The summed E-state index contributed by atoms with van der Waals surface area (Å²) in [5.41, 5.74) is 8.34. The van der Waals surface area contributed by atoms with E-state index in [1.807, 2.05) is 0 Å². The highest BCUT2D eigenvalue weighted by Crippen LogP contribution is 2.19. The first kappa shape index (κ1) is 10.1. The average molecular weight is 255 g/mol. The molecule has 3 heteroatoms. The number of hydrogen-bond donors (Lipinski definition) is 1. The van der Waals surface area contributed by atoms with Crippen LogP contribution in [0.5, 0.6) is 0 Å². The fourth-order valence-electron chi connectivity index (χ4n) is 1.72.